The van der Waals surface area contributed by atoms with E-state index < -0.39 is 0 Å². The van der Waals surface area contributed by atoms with Crippen LogP contribution in [0.15, 0.2) is 12.1 Å². The van der Waals surface area contributed by atoms with E-state index in [0.29, 0.717) is 11.1 Å². The highest BCUT2D eigenvalue weighted by Gasteiger charge is 2.26. The number of nitrogens with two attached hydrogens (primary N) is 2. The van der Waals surface area contributed by atoms with Crippen molar-refractivity contribution in [3.05, 3.63) is 28.8 Å². The van der Waals surface area contributed by atoms with Gasteiger partial charge in [-0.3, -0.25) is 0 Å². The largest absolute Gasteiger partial charge is 0.508 e. The standard InChI is InChI=1S/C13H10N4O3/c14-4-8-11(15)7-3-6-9(19)1-5(18)2-10(6)20-13(7)17-12(8)16/h1-2,18-19H,3H2,(H4,15,16,17). The first-order valence-corrected chi connectivity index (χ1v) is 5.72. The van der Waals surface area contributed by atoms with Crippen LogP contribution in [0, 0.1) is 11.3 Å². The summed E-state index contributed by atoms with van der Waals surface area (Å²) in [7, 11) is 0. The first-order valence-electron chi connectivity index (χ1n) is 5.72. The molecule has 0 radical (unpaired) electrons. The molecule has 0 spiro atoms. The number of phenols is 2. The molecule has 0 unspecified atom stereocenters. The molecular weight excluding hydrogens is 260 g/mol. The van der Waals surface area contributed by atoms with Gasteiger partial charge in [-0.2, -0.15) is 10.2 Å². The number of rotatable bonds is 0. The fourth-order valence-electron chi connectivity index (χ4n) is 2.18. The van der Waals surface area contributed by atoms with Crippen molar-refractivity contribution in [2.24, 2.45) is 0 Å². The Morgan fingerprint density at radius 3 is 2.70 bits per heavy atom. The van der Waals surface area contributed by atoms with Crippen molar-refractivity contribution >= 4 is 11.5 Å². The van der Waals surface area contributed by atoms with Crippen molar-refractivity contribution in [1.29, 1.82) is 5.26 Å². The molecule has 20 heavy (non-hydrogen) atoms. The van der Waals surface area contributed by atoms with E-state index in [4.69, 9.17) is 21.5 Å². The normalized spacial score (nSPS) is 11.9. The van der Waals surface area contributed by atoms with Crippen LogP contribution in [0.3, 0.4) is 0 Å². The second kappa shape index (κ2) is 3.93. The number of anilines is 2. The van der Waals surface area contributed by atoms with Crippen molar-refractivity contribution in [3.63, 3.8) is 0 Å². The average molecular weight is 270 g/mol. The van der Waals surface area contributed by atoms with Gasteiger partial charge >= 0.3 is 0 Å². The lowest BCUT2D eigenvalue weighted by Gasteiger charge is -2.22. The molecule has 0 bridgehead atoms. The lowest BCUT2D eigenvalue weighted by atomic mass is 9.98. The summed E-state index contributed by atoms with van der Waals surface area (Å²) >= 11 is 0. The van der Waals surface area contributed by atoms with Gasteiger partial charge in [-0.05, 0) is 0 Å². The Morgan fingerprint density at radius 2 is 2.00 bits per heavy atom. The van der Waals surface area contributed by atoms with Crippen molar-refractivity contribution in [2.75, 3.05) is 11.5 Å². The number of nitrogens with zero attached hydrogens (tertiary/aromatic N) is 2. The van der Waals surface area contributed by atoms with Crippen LogP contribution in [-0.4, -0.2) is 15.2 Å². The molecule has 7 heteroatoms. The highest BCUT2D eigenvalue weighted by Crippen LogP contribution is 2.44. The summed E-state index contributed by atoms with van der Waals surface area (Å²) in [4.78, 5) is 3.99. The Bertz CT molecular complexity index is 780. The number of aromatic nitrogens is 1. The molecule has 0 aliphatic carbocycles. The Kier molecular flexibility index (Phi) is 2.34. The van der Waals surface area contributed by atoms with Crippen molar-refractivity contribution < 1.29 is 14.9 Å². The van der Waals surface area contributed by atoms with E-state index in [1.54, 1.807) is 0 Å². The lowest BCUT2D eigenvalue weighted by molar-refractivity contribution is 0.407. The Hall–Kier alpha value is -3.14. The van der Waals surface area contributed by atoms with Gasteiger partial charge in [0, 0.05) is 29.7 Å². The van der Waals surface area contributed by atoms with Gasteiger partial charge in [0.2, 0.25) is 5.88 Å². The number of nitriles is 1. The van der Waals surface area contributed by atoms with E-state index in [0.717, 1.165) is 0 Å². The third kappa shape index (κ3) is 1.55. The monoisotopic (exact) mass is 270 g/mol. The molecule has 0 amide bonds. The Morgan fingerprint density at radius 1 is 1.25 bits per heavy atom. The van der Waals surface area contributed by atoms with E-state index in [2.05, 4.69) is 4.98 Å². The van der Waals surface area contributed by atoms with Crippen molar-refractivity contribution in [2.45, 2.75) is 6.42 Å². The van der Waals surface area contributed by atoms with E-state index in [9.17, 15) is 10.2 Å². The molecule has 100 valence electrons. The van der Waals surface area contributed by atoms with Gasteiger partial charge in [0.05, 0.1) is 5.69 Å². The lowest BCUT2D eigenvalue weighted by Crippen LogP contribution is -2.12. The summed E-state index contributed by atoms with van der Waals surface area (Å²) in [5.74, 6) is 0.207. The molecule has 0 fully saturated rings. The smallest absolute Gasteiger partial charge is 0.226 e. The van der Waals surface area contributed by atoms with Crippen molar-refractivity contribution in [3.8, 4) is 29.2 Å². The summed E-state index contributed by atoms with van der Waals surface area (Å²) in [6.07, 6.45) is 0.241. The molecule has 0 saturated heterocycles. The van der Waals surface area contributed by atoms with Gasteiger partial charge in [-0.15, -0.1) is 0 Å². The molecule has 2 heterocycles. The molecular formula is C13H10N4O3. The summed E-state index contributed by atoms with van der Waals surface area (Å²) < 4.78 is 5.50. The first kappa shape index (κ1) is 11.9. The zero-order chi connectivity index (χ0) is 14.4. The highest BCUT2D eigenvalue weighted by molar-refractivity contribution is 5.73. The second-order valence-electron chi connectivity index (χ2n) is 4.40. The van der Waals surface area contributed by atoms with Crippen LogP contribution >= 0.6 is 0 Å². The van der Waals surface area contributed by atoms with Crippen LogP contribution in [0.5, 0.6) is 23.1 Å². The van der Waals surface area contributed by atoms with Crippen LogP contribution in [0.2, 0.25) is 0 Å². The van der Waals surface area contributed by atoms with Gasteiger partial charge in [-0.25, -0.2) is 0 Å². The van der Waals surface area contributed by atoms with E-state index in [1.165, 1.54) is 12.1 Å². The van der Waals surface area contributed by atoms with Crippen LogP contribution < -0.4 is 16.2 Å². The Labute approximate surface area is 113 Å². The van der Waals surface area contributed by atoms with Gasteiger partial charge in [0.25, 0.3) is 0 Å². The predicted octanol–water partition coefficient (Wildman–Crippen LogP) is 1.23. The number of fused-ring (bicyclic) bond motifs is 2. The van der Waals surface area contributed by atoms with Gasteiger partial charge < -0.3 is 26.4 Å². The fraction of sp³-hybridized carbons (Fsp3) is 0.0769. The van der Waals surface area contributed by atoms with Gasteiger partial charge in [0.15, 0.2) is 0 Å². The third-order valence-electron chi connectivity index (χ3n) is 3.17. The van der Waals surface area contributed by atoms with E-state index >= 15 is 0 Å². The number of ether oxygens (including phenoxy) is 1. The number of hydrogen-bond donors (Lipinski definition) is 4. The minimum Gasteiger partial charge on any atom is -0.508 e. The number of phenolic OH excluding ortho intramolecular Hbond substituents is 2. The minimum atomic E-state index is -0.126. The molecule has 2 aromatic rings. The quantitative estimate of drug-likeness (QED) is 0.481. The third-order valence-corrected chi connectivity index (χ3v) is 3.17. The fourth-order valence-corrected chi connectivity index (χ4v) is 2.18. The Balaban J connectivity index is 2.21. The number of pyridine rings is 1. The molecule has 1 aromatic heterocycles. The highest BCUT2D eigenvalue weighted by atomic mass is 16.5. The maximum absolute atomic E-state index is 9.84. The SMILES string of the molecule is N#Cc1c(N)nc2c(c1N)Cc1c(O)cc(O)cc1O2. The van der Waals surface area contributed by atoms with Crippen LogP contribution in [0.4, 0.5) is 11.5 Å². The zero-order valence-electron chi connectivity index (χ0n) is 10.2. The molecule has 3 rings (SSSR count). The first-order chi connectivity index (χ1) is 9.51. The maximum Gasteiger partial charge on any atom is 0.226 e. The van der Waals surface area contributed by atoms with E-state index in [-0.39, 0.29) is 46.6 Å². The summed E-state index contributed by atoms with van der Waals surface area (Å²) in [5.41, 5.74) is 12.8. The number of nitrogen functional groups attached to an aromatic ring is 2. The molecule has 1 aliphatic rings. The molecule has 7 nitrogen and oxygen atoms in total. The molecule has 6 N–H and O–H groups in total. The number of aromatic hydroxyl groups is 2. The van der Waals surface area contributed by atoms with Crippen LogP contribution in [0.25, 0.3) is 0 Å². The summed E-state index contributed by atoms with van der Waals surface area (Å²) in [6, 6.07) is 4.46. The van der Waals surface area contributed by atoms with Crippen LogP contribution in [-0.2, 0) is 6.42 Å². The van der Waals surface area contributed by atoms with Gasteiger partial charge in [-0.1, -0.05) is 0 Å². The summed E-state index contributed by atoms with van der Waals surface area (Å²) in [6.45, 7) is 0. The number of benzene rings is 1. The van der Waals surface area contributed by atoms with Crippen molar-refractivity contribution in [1.82, 2.24) is 4.98 Å². The maximum atomic E-state index is 9.84. The number of hydrogen-bond acceptors (Lipinski definition) is 7. The summed E-state index contributed by atoms with van der Waals surface area (Å²) in [5, 5.41) is 28.3. The molecule has 1 aromatic carbocycles. The molecule has 1 aliphatic heterocycles. The molecule has 0 atom stereocenters. The minimum absolute atomic E-state index is 0.0171. The van der Waals surface area contributed by atoms with Crippen LogP contribution in [0.1, 0.15) is 16.7 Å². The molecule has 0 saturated carbocycles. The zero-order valence-corrected chi connectivity index (χ0v) is 10.2. The predicted molar refractivity (Wildman–Crippen MR) is 70.4 cm³/mol. The topological polar surface area (TPSA) is 138 Å². The van der Waals surface area contributed by atoms with E-state index in [1.807, 2.05) is 6.07 Å². The average Bonchev–Trinajstić information content (AvgIpc) is 2.37. The second-order valence-corrected chi connectivity index (χ2v) is 4.40. The van der Waals surface area contributed by atoms with Gasteiger partial charge in [0.1, 0.15) is 34.7 Å².